The summed E-state index contributed by atoms with van der Waals surface area (Å²) >= 11 is 0. The van der Waals surface area contributed by atoms with Crippen molar-refractivity contribution in [2.45, 2.75) is 37.7 Å². The molecule has 9 heteroatoms. The second kappa shape index (κ2) is 5.90. The van der Waals surface area contributed by atoms with Gasteiger partial charge in [0.2, 0.25) is 10.0 Å². The third-order valence-electron chi connectivity index (χ3n) is 2.93. The molecule has 0 bridgehead atoms. The smallest absolute Gasteiger partial charge is 0.332 e. The number of nitrogens with one attached hydrogen (secondary N) is 1. The number of rotatable bonds is 6. The number of aryl methyl sites for hydroxylation is 1. The molecule has 1 fully saturated rings. The van der Waals surface area contributed by atoms with Crippen LogP contribution in [0.5, 0.6) is 0 Å². The highest BCUT2D eigenvalue weighted by atomic mass is 32.2. The minimum atomic E-state index is -3.55. The number of ether oxygens (including phenoxy) is 1. The lowest BCUT2D eigenvalue weighted by Gasteiger charge is -2.12. The highest BCUT2D eigenvalue weighted by molar-refractivity contribution is 7.88. The topological polar surface area (TPSA) is 119 Å². The molecule has 112 valence electrons. The van der Waals surface area contributed by atoms with Crippen molar-refractivity contribution in [2.75, 3.05) is 6.54 Å². The van der Waals surface area contributed by atoms with E-state index in [1.807, 2.05) is 0 Å². The molecule has 1 aromatic rings. The molecule has 1 aliphatic rings. The Balaban J connectivity index is 1.82. The molecule has 8 nitrogen and oxygen atoms in total. The van der Waals surface area contributed by atoms with Crippen molar-refractivity contribution in [3.8, 4) is 0 Å². The predicted molar refractivity (Wildman–Crippen MR) is 67.4 cm³/mol. The van der Waals surface area contributed by atoms with E-state index in [2.05, 4.69) is 9.88 Å². The summed E-state index contributed by atoms with van der Waals surface area (Å²) in [5, 5.41) is 12.4. The molecule has 20 heavy (non-hydrogen) atoms. The molecular weight excluding hydrogens is 288 g/mol. The van der Waals surface area contributed by atoms with Crippen LogP contribution in [0, 0.1) is 6.92 Å². The highest BCUT2D eigenvalue weighted by Crippen LogP contribution is 2.19. The fourth-order valence-electron chi connectivity index (χ4n) is 1.99. The van der Waals surface area contributed by atoms with E-state index in [4.69, 9.17) is 14.4 Å². The zero-order chi connectivity index (χ0) is 14.8. The van der Waals surface area contributed by atoms with E-state index in [0.717, 1.165) is 0 Å². The second-order valence-electron chi connectivity index (χ2n) is 4.70. The van der Waals surface area contributed by atoms with Gasteiger partial charge in [-0.3, -0.25) is 0 Å². The van der Waals surface area contributed by atoms with Gasteiger partial charge in [0.15, 0.2) is 6.10 Å². The normalized spacial score (nSPS) is 23.1. The third-order valence-corrected chi connectivity index (χ3v) is 4.21. The summed E-state index contributed by atoms with van der Waals surface area (Å²) in [5.41, 5.74) is 0.325. The minimum Gasteiger partial charge on any atom is -0.479 e. The molecule has 2 N–H and O–H groups in total. The van der Waals surface area contributed by atoms with Crippen LogP contribution >= 0.6 is 0 Å². The molecule has 0 aliphatic carbocycles. The summed E-state index contributed by atoms with van der Waals surface area (Å²) in [6.45, 7) is 1.73. The van der Waals surface area contributed by atoms with Gasteiger partial charge in [0.1, 0.15) is 17.2 Å². The van der Waals surface area contributed by atoms with E-state index < -0.39 is 28.2 Å². The number of carboxylic acid groups (broad SMARTS) is 1. The molecule has 2 heterocycles. The Bertz CT molecular complexity index is 581. The van der Waals surface area contributed by atoms with Crippen molar-refractivity contribution in [1.82, 2.24) is 9.88 Å². The molecular formula is C11H16N2O6S. The van der Waals surface area contributed by atoms with Crippen LogP contribution in [-0.2, 0) is 25.3 Å². The van der Waals surface area contributed by atoms with Crippen LogP contribution in [0.4, 0.5) is 0 Å². The number of nitrogens with zero attached hydrogens (tertiary/aromatic N) is 1. The average Bonchev–Trinajstić information content (AvgIpc) is 2.95. The van der Waals surface area contributed by atoms with Crippen LogP contribution < -0.4 is 4.72 Å². The van der Waals surface area contributed by atoms with Gasteiger partial charge in [-0.2, -0.15) is 0 Å². The van der Waals surface area contributed by atoms with Crippen LogP contribution in [0.1, 0.15) is 24.3 Å². The van der Waals surface area contributed by atoms with Gasteiger partial charge >= 0.3 is 5.97 Å². The highest BCUT2D eigenvalue weighted by Gasteiger charge is 2.31. The van der Waals surface area contributed by atoms with Gasteiger partial charge in [-0.1, -0.05) is 5.16 Å². The van der Waals surface area contributed by atoms with Crippen LogP contribution in [0.15, 0.2) is 10.6 Å². The van der Waals surface area contributed by atoms with Crippen molar-refractivity contribution in [2.24, 2.45) is 0 Å². The number of carboxylic acids is 1. The first kappa shape index (κ1) is 14.9. The van der Waals surface area contributed by atoms with Crippen molar-refractivity contribution >= 4 is 16.0 Å². The lowest BCUT2D eigenvalue weighted by atomic mass is 10.2. The fraction of sp³-hybridized carbons (Fsp3) is 0.636. The molecule has 0 radical (unpaired) electrons. The van der Waals surface area contributed by atoms with Crippen molar-refractivity contribution < 1.29 is 27.6 Å². The first-order valence-electron chi connectivity index (χ1n) is 6.13. The molecule has 1 aromatic heterocycles. The monoisotopic (exact) mass is 304 g/mol. The molecule has 0 aromatic carbocycles. The maximum atomic E-state index is 11.8. The van der Waals surface area contributed by atoms with E-state index in [0.29, 0.717) is 24.3 Å². The van der Waals surface area contributed by atoms with E-state index in [1.54, 1.807) is 13.0 Å². The molecule has 0 saturated carbocycles. The molecule has 0 spiro atoms. The maximum Gasteiger partial charge on any atom is 0.332 e. The quantitative estimate of drug-likeness (QED) is 0.761. The Labute approximate surface area is 116 Å². The van der Waals surface area contributed by atoms with E-state index in [-0.39, 0.29) is 12.3 Å². The molecule has 2 unspecified atom stereocenters. The van der Waals surface area contributed by atoms with Crippen molar-refractivity contribution in [3.63, 3.8) is 0 Å². The van der Waals surface area contributed by atoms with Crippen molar-refractivity contribution in [1.29, 1.82) is 0 Å². The number of hydrogen-bond acceptors (Lipinski definition) is 6. The van der Waals surface area contributed by atoms with Crippen LogP contribution in [-0.4, -0.2) is 43.4 Å². The van der Waals surface area contributed by atoms with Crippen LogP contribution in [0.3, 0.4) is 0 Å². The van der Waals surface area contributed by atoms with E-state index in [1.165, 1.54) is 0 Å². The second-order valence-corrected chi connectivity index (χ2v) is 6.51. The lowest BCUT2D eigenvalue weighted by Crippen LogP contribution is -2.33. The van der Waals surface area contributed by atoms with Gasteiger partial charge in [0.05, 0.1) is 6.10 Å². The molecule has 1 saturated heterocycles. The SMILES string of the molecule is Cc1cc(CS(=O)(=O)NCC2CCC(C(=O)O)O2)no1. The molecule has 1 aliphatic heterocycles. The first-order valence-corrected chi connectivity index (χ1v) is 7.79. The summed E-state index contributed by atoms with van der Waals surface area (Å²) < 4.78 is 36.0. The Kier molecular flexibility index (Phi) is 4.41. The van der Waals surface area contributed by atoms with Gasteiger partial charge in [-0.05, 0) is 19.8 Å². The molecule has 2 atom stereocenters. The number of carbonyl (C=O) groups is 1. The Morgan fingerprint density at radius 1 is 1.55 bits per heavy atom. The van der Waals surface area contributed by atoms with Crippen molar-refractivity contribution in [3.05, 3.63) is 17.5 Å². The Hall–Kier alpha value is -1.45. The fourth-order valence-corrected chi connectivity index (χ4v) is 3.06. The Morgan fingerprint density at radius 2 is 2.30 bits per heavy atom. The summed E-state index contributed by atoms with van der Waals surface area (Å²) in [7, 11) is -3.55. The van der Waals surface area contributed by atoms with E-state index in [9.17, 15) is 13.2 Å². The van der Waals surface area contributed by atoms with Crippen LogP contribution in [0.2, 0.25) is 0 Å². The van der Waals surface area contributed by atoms with Gasteiger partial charge in [0.25, 0.3) is 0 Å². The number of aliphatic carboxylic acids is 1. The standard InChI is InChI=1S/C11H16N2O6S/c1-7-4-8(13-19-7)6-20(16,17)12-5-9-2-3-10(18-9)11(14)15/h4,9-10,12H,2-3,5-6H2,1H3,(H,14,15). The minimum absolute atomic E-state index is 0.0585. The van der Waals surface area contributed by atoms with Gasteiger partial charge in [-0.15, -0.1) is 0 Å². The first-order chi connectivity index (χ1) is 9.35. The zero-order valence-electron chi connectivity index (χ0n) is 10.9. The number of hydrogen-bond donors (Lipinski definition) is 2. The van der Waals surface area contributed by atoms with E-state index >= 15 is 0 Å². The Morgan fingerprint density at radius 3 is 2.85 bits per heavy atom. The maximum absolute atomic E-state index is 11.8. The van der Waals surface area contributed by atoms with Gasteiger partial charge < -0.3 is 14.4 Å². The third kappa shape index (κ3) is 4.02. The zero-order valence-corrected chi connectivity index (χ0v) is 11.7. The summed E-state index contributed by atoms with van der Waals surface area (Å²) in [5.74, 6) is -0.758. The van der Waals surface area contributed by atoms with Crippen LogP contribution in [0.25, 0.3) is 0 Å². The van der Waals surface area contributed by atoms with Gasteiger partial charge in [0, 0.05) is 12.6 Å². The summed E-state index contributed by atoms with van der Waals surface area (Å²) in [6.07, 6.45) is -0.347. The van der Waals surface area contributed by atoms with Gasteiger partial charge in [-0.25, -0.2) is 17.9 Å². The number of sulfonamides is 1. The average molecular weight is 304 g/mol. The summed E-state index contributed by atoms with van der Waals surface area (Å²) in [4.78, 5) is 10.7. The predicted octanol–water partition coefficient (Wildman–Crippen LogP) is 0.0346. The number of aromatic nitrogens is 1. The lowest BCUT2D eigenvalue weighted by molar-refractivity contribution is -0.149. The largest absolute Gasteiger partial charge is 0.479 e. The molecule has 2 rings (SSSR count). The molecule has 0 amide bonds. The summed E-state index contributed by atoms with van der Waals surface area (Å²) in [6, 6.07) is 1.55.